The normalized spacial score (nSPS) is 10.4. The number of halogens is 1. The van der Waals surface area contributed by atoms with Gasteiger partial charge in [0.05, 0.1) is 11.2 Å². The average molecular weight is 207 g/mol. The molecule has 0 aliphatic carbocycles. The summed E-state index contributed by atoms with van der Waals surface area (Å²) in [4.78, 5) is 14.7. The number of nitrogens with zero attached hydrogens (tertiary/aromatic N) is 1. The quantitative estimate of drug-likeness (QED) is 0.443. The molecule has 0 atom stereocenters. The molecule has 2 rings (SSSR count). The van der Waals surface area contributed by atoms with Crippen LogP contribution in [0, 0.1) is 0 Å². The van der Waals surface area contributed by atoms with Gasteiger partial charge in [-0.25, -0.2) is 4.98 Å². The number of anilines is 1. The fourth-order valence-electron chi connectivity index (χ4n) is 1.31. The number of hydrogen-bond donors (Lipinski definition) is 1. The summed E-state index contributed by atoms with van der Waals surface area (Å²) in [6, 6.07) is 6.96. The minimum absolute atomic E-state index is 0.368. The highest BCUT2D eigenvalue weighted by Gasteiger charge is 2.04. The fraction of sp³-hybridized carbons (Fsp3) is 0. The molecule has 2 aromatic rings. The summed E-state index contributed by atoms with van der Waals surface area (Å²) >= 11 is 5.73. The number of aromatic nitrogens is 1. The lowest BCUT2D eigenvalue weighted by atomic mass is 10.1. The predicted molar refractivity (Wildman–Crippen MR) is 56.6 cm³/mol. The molecule has 3 nitrogen and oxygen atoms in total. The molecule has 0 saturated heterocycles. The largest absolute Gasteiger partial charge is 0.396 e. The van der Waals surface area contributed by atoms with Gasteiger partial charge in [0.25, 0.3) is 0 Å². The summed E-state index contributed by atoms with van der Waals surface area (Å²) in [6.07, 6.45) is 0.706. The van der Waals surface area contributed by atoms with Crippen molar-refractivity contribution in [3.63, 3.8) is 0 Å². The van der Waals surface area contributed by atoms with Gasteiger partial charge in [0.1, 0.15) is 5.15 Å². The molecule has 0 unspecified atom stereocenters. The second-order valence-electron chi connectivity index (χ2n) is 2.89. The van der Waals surface area contributed by atoms with E-state index in [1.54, 1.807) is 18.2 Å². The smallest absolute Gasteiger partial charge is 0.152 e. The zero-order chi connectivity index (χ0) is 10.1. The Hall–Kier alpha value is -1.61. The number of aldehydes is 1. The number of hydrogen-bond acceptors (Lipinski definition) is 3. The molecule has 0 aliphatic heterocycles. The molecular formula is C10H7ClN2O. The third kappa shape index (κ3) is 1.32. The maximum atomic E-state index is 10.6. The number of rotatable bonds is 1. The number of benzene rings is 1. The number of fused-ring (bicyclic) bond motifs is 1. The van der Waals surface area contributed by atoms with Crippen molar-refractivity contribution in [2.45, 2.75) is 0 Å². The van der Waals surface area contributed by atoms with Crippen molar-refractivity contribution in [3.05, 3.63) is 35.0 Å². The van der Waals surface area contributed by atoms with Crippen LogP contribution in [0.15, 0.2) is 24.3 Å². The van der Waals surface area contributed by atoms with Crippen LogP contribution in [0.4, 0.5) is 5.69 Å². The maximum absolute atomic E-state index is 10.6. The molecule has 0 spiro atoms. The Bertz CT molecular complexity index is 511. The van der Waals surface area contributed by atoms with E-state index in [9.17, 15) is 4.79 Å². The molecule has 0 fully saturated rings. The monoisotopic (exact) mass is 206 g/mol. The molecule has 4 heteroatoms. The van der Waals surface area contributed by atoms with Crippen molar-refractivity contribution in [2.75, 3.05) is 5.73 Å². The van der Waals surface area contributed by atoms with Gasteiger partial charge < -0.3 is 5.73 Å². The van der Waals surface area contributed by atoms with Crippen LogP contribution in [0.3, 0.4) is 0 Å². The summed E-state index contributed by atoms with van der Waals surface area (Å²) in [5.41, 5.74) is 7.13. The lowest BCUT2D eigenvalue weighted by molar-refractivity contribution is 0.112. The van der Waals surface area contributed by atoms with Crippen LogP contribution in [0.25, 0.3) is 10.9 Å². The van der Waals surface area contributed by atoms with Crippen LogP contribution >= 0.6 is 11.6 Å². The Balaban J connectivity index is 2.86. The standard InChI is InChI=1S/C10H7ClN2O/c11-8-4-3-6-1-2-7(5-14)9(12)10(6)13-8/h1-5H,12H2. The van der Waals surface area contributed by atoms with Gasteiger partial charge in [-0.2, -0.15) is 0 Å². The number of carbonyl (C=O) groups is 1. The van der Waals surface area contributed by atoms with Crippen molar-refractivity contribution in [3.8, 4) is 0 Å². The first-order valence-electron chi connectivity index (χ1n) is 4.02. The maximum Gasteiger partial charge on any atom is 0.152 e. The lowest BCUT2D eigenvalue weighted by Crippen LogP contribution is -1.95. The molecule has 0 amide bonds. The zero-order valence-electron chi connectivity index (χ0n) is 7.20. The Morgan fingerprint density at radius 2 is 2.00 bits per heavy atom. The van der Waals surface area contributed by atoms with Crippen LogP contribution in [0.2, 0.25) is 5.15 Å². The van der Waals surface area contributed by atoms with Gasteiger partial charge in [-0.3, -0.25) is 4.79 Å². The molecular weight excluding hydrogens is 200 g/mol. The first-order valence-corrected chi connectivity index (χ1v) is 4.40. The lowest BCUT2D eigenvalue weighted by Gasteiger charge is -2.03. The van der Waals surface area contributed by atoms with E-state index in [1.807, 2.05) is 6.07 Å². The van der Waals surface area contributed by atoms with Gasteiger partial charge in [0, 0.05) is 10.9 Å². The minimum Gasteiger partial charge on any atom is -0.396 e. The number of nitrogen functional groups attached to an aromatic ring is 1. The minimum atomic E-state index is 0.368. The summed E-state index contributed by atoms with van der Waals surface area (Å²) in [6.45, 7) is 0. The number of nitrogens with two attached hydrogens (primary N) is 1. The van der Waals surface area contributed by atoms with E-state index in [0.717, 1.165) is 5.39 Å². The first-order chi connectivity index (χ1) is 6.72. The molecule has 0 saturated carbocycles. The third-order valence-electron chi connectivity index (χ3n) is 2.03. The van der Waals surface area contributed by atoms with Crippen LogP contribution in [0.5, 0.6) is 0 Å². The van der Waals surface area contributed by atoms with Gasteiger partial charge in [0.2, 0.25) is 0 Å². The van der Waals surface area contributed by atoms with E-state index in [2.05, 4.69) is 4.98 Å². The number of pyridine rings is 1. The summed E-state index contributed by atoms with van der Waals surface area (Å²) in [5, 5.41) is 1.24. The van der Waals surface area contributed by atoms with Crippen LogP contribution in [-0.4, -0.2) is 11.3 Å². The average Bonchev–Trinajstić information content (AvgIpc) is 2.20. The summed E-state index contributed by atoms with van der Waals surface area (Å²) in [5.74, 6) is 0. The van der Waals surface area contributed by atoms with Crippen molar-refractivity contribution in [1.82, 2.24) is 4.98 Å². The predicted octanol–water partition coefficient (Wildman–Crippen LogP) is 2.28. The van der Waals surface area contributed by atoms with Gasteiger partial charge in [-0.05, 0) is 18.2 Å². The fourth-order valence-corrected chi connectivity index (χ4v) is 1.45. The Kier molecular flexibility index (Phi) is 2.09. The molecule has 0 aliphatic rings. The summed E-state index contributed by atoms with van der Waals surface area (Å²) in [7, 11) is 0. The van der Waals surface area contributed by atoms with Gasteiger partial charge >= 0.3 is 0 Å². The van der Waals surface area contributed by atoms with Crippen LogP contribution in [0.1, 0.15) is 10.4 Å². The Morgan fingerprint density at radius 3 is 2.71 bits per heavy atom. The second kappa shape index (κ2) is 3.27. The molecule has 1 aromatic heterocycles. The van der Waals surface area contributed by atoms with E-state index in [0.29, 0.717) is 28.2 Å². The summed E-state index contributed by atoms with van der Waals surface area (Å²) < 4.78 is 0. The molecule has 0 bridgehead atoms. The highest BCUT2D eigenvalue weighted by Crippen LogP contribution is 2.23. The molecule has 14 heavy (non-hydrogen) atoms. The van der Waals surface area contributed by atoms with Gasteiger partial charge in [0.15, 0.2) is 6.29 Å². The molecule has 1 aromatic carbocycles. The molecule has 1 heterocycles. The van der Waals surface area contributed by atoms with E-state index in [1.165, 1.54) is 0 Å². The Morgan fingerprint density at radius 1 is 1.29 bits per heavy atom. The first kappa shape index (κ1) is 8.97. The Labute approximate surface area is 85.5 Å². The van der Waals surface area contributed by atoms with E-state index >= 15 is 0 Å². The molecule has 70 valence electrons. The van der Waals surface area contributed by atoms with Crippen molar-refractivity contribution < 1.29 is 4.79 Å². The zero-order valence-corrected chi connectivity index (χ0v) is 7.95. The van der Waals surface area contributed by atoms with Crippen molar-refractivity contribution in [1.29, 1.82) is 0 Å². The van der Waals surface area contributed by atoms with Crippen LogP contribution in [-0.2, 0) is 0 Å². The van der Waals surface area contributed by atoms with Gasteiger partial charge in [-0.1, -0.05) is 17.7 Å². The van der Waals surface area contributed by atoms with E-state index < -0.39 is 0 Å². The number of carbonyl (C=O) groups excluding carboxylic acids is 1. The van der Waals surface area contributed by atoms with Crippen molar-refractivity contribution in [2.24, 2.45) is 0 Å². The topological polar surface area (TPSA) is 56.0 Å². The highest BCUT2D eigenvalue weighted by atomic mass is 35.5. The molecule has 0 radical (unpaired) electrons. The van der Waals surface area contributed by atoms with Crippen LogP contribution < -0.4 is 5.73 Å². The van der Waals surface area contributed by atoms with Crippen molar-refractivity contribution >= 4 is 34.5 Å². The highest BCUT2D eigenvalue weighted by molar-refractivity contribution is 6.29. The SMILES string of the molecule is Nc1c(C=O)ccc2ccc(Cl)nc12. The third-order valence-corrected chi connectivity index (χ3v) is 2.24. The van der Waals surface area contributed by atoms with E-state index in [4.69, 9.17) is 17.3 Å². The molecule has 2 N–H and O–H groups in total. The van der Waals surface area contributed by atoms with Gasteiger partial charge in [-0.15, -0.1) is 0 Å². The second-order valence-corrected chi connectivity index (χ2v) is 3.28. The van der Waals surface area contributed by atoms with E-state index in [-0.39, 0.29) is 0 Å².